The smallest absolute Gasteiger partial charge is 0.255 e. The largest absolute Gasteiger partial charge is 0.490 e. The van der Waals surface area contributed by atoms with Crippen LogP contribution in [0.15, 0.2) is 15.0 Å². The lowest BCUT2D eigenvalue weighted by atomic mass is 10.1. The molecule has 0 saturated carbocycles. The van der Waals surface area contributed by atoms with Gasteiger partial charge in [0.2, 0.25) is 0 Å². The minimum atomic E-state index is -0.564. The Hall–Kier alpha value is -0.830. The molecule has 0 heterocycles. The highest BCUT2D eigenvalue weighted by molar-refractivity contribution is 9.13. The van der Waals surface area contributed by atoms with Crippen LogP contribution < -0.4 is 20.5 Å². The summed E-state index contributed by atoms with van der Waals surface area (Å²) in [5, 5.41) is 12.6. The van der Waals surface area contributed by atoms with E-state index in [9.17, 15) is 9.90 Å². The molecule has 8 heteroatoms. The van der Waals surface area contributed by atoms with Gasteiger partial charge in [0.1, 0.15) is 0 Å². The maximum atomic E-state index is 10.9. The first kappa shape index (κ1) is 20.2. The fourth-order valence-corrected chi connectivity index (χ4v) is 2.69. The Morgan fingerprint density at radius 3 is 2.52 bits per heavy atom. The van der Waals surface area contributed by atoms with Crippen LogP contribution in [0.25, 0.3) is 0 Å². The van der Waals surface area contributed by atoms with Crippen LogP contribution in [0.5, 0.6) is 11.5 Å². The second kappa shape index (κ2) is 8.86. The Morgan fingerprint density at radius 2 is 2.00 bits per heavy atom. The van der Waals surface area contributed by atoms with E-state index < -0.39 is 11.4 Å². The van der Waals surface area contributed by atoms with E-state index in [1.807, 2.05) is 26.8 Å². The Labute approximate surface area is 153 Å². The highest BCUT2D eigenvalue weighted by atomic mass is 79.9. The van der Waals surface area contributed by atoms with E-state index >= 15 is 0 Å². The molecule has 0 radical (unpaired) electrons. The number of aliphatic hydroxyl groups excluding tert-OH is 1. The van der Waals surface area contributed by atoms with Gasteiger partial charge in [-0.2, -0.15) is 0 Å². The van der Waals surface area contributed by atoms with Gasteiger partial charge in [-0.05, 0) is 64.3 Å². The molecule has 0 atom stereocenters. The lowest BCUT2D eigenvalue weighted by molar-refractivity contribution is -0.119. The minimum absolute atomic E-state index is 0.0178. The van der Waals surface area contributed by atoms with E-state index in [4.69, 9.17) is 15.2 Å². The summed E-state index contributed by atoms with van der Waals surface area (Å²) in [6, 6.07) is 1.83. The van der Waals surface area contributed by atoms with Crippen molar-refractivity contribution >= 4 is 37.8 Å². The van der Waals surface area contributed by atoms with Gasteiger partial charge in [-0.3, -0.25) is 4.79 Å². The molecule has 0 aliphatic rings. The maximum Gasteiger partial charge on any atom is 0.255 e. The maximum absolute atomic E-state index is 10.9. The number of nitrogens with one attached hydrogen (secondary N) is 1. The fourth-order valence-electron chi connectivity index (χ4n) is 1.70. The van der Waals surface area contributed by atoms with Crippen molar-refractivity contribution in [3.05, 3.63) is 20.6 Å². The van der Waals surface area contributed by atoms with Gasteiger partial charge in [-0.1, -0.05) is 0 Å². The third-order valence-corrected chi connectivity index (χ3v) is 5.21. The van der Waals surface area contributed by atoms with Crippen molar-refractivity contribution in [1.82, 2.24) is 5.32 Å². The van der Waals surface area contributed by atoms with Crippen LogP contribution in [0.2, 0.25) is 0 Å². The van der Waals surface area contributed by atoms with Gasteiger partial charge in [-0.15, -0.1) is 0 Å². The predicted molar refractivity (Wildman–Crippen MR) is 95.7 cm³/mol. The van der Waals surface area contributed by atoms with Gasteiger partial charge in [-0.25, -0.2) is 0 Å². The highest BCUT2D eigenvalue weighted by Crippen LogP contribution is 2.43. The number of benzene rings is 1. The number of nitrogens with two attached hydrogens (primary N) is 1. The van der Waals surface area contributed by atoms with Crippen molar-refractivity contribution in [3.63, 3.8) is 0 Å². The van der Waals surface area contributed by atoms with Crippen molar-refractivity contribution in [3.8, 4) is 11.5 Å². The lowest BCUT2D eigenvalue weighted by Gasteiger charge is -2.24. The monoisotopic (exact) mass is 452 g/mol. The zero-order valence-corrected chi connectivity index (χ0v) is 16.6. The van der Waals surface area contributed by atoms with E-state index in [0.29, 0.717) is 29.1 Å². The first-order valence-electron chi connectivity index (χ1n) is 7.12. The zero-order valence-electron chi connectivity index (χ0n) is 13.4. The van der Waals surface area contributed by atoms with Crippen molar-refractivity contribution in [2.75, 3.05) is 19.8 Å². The van der Waals surface area contributed by atoms with Crippen LogP contribution in [0.4, 0.5) is 0 Å². The summed E-state index contributed by atoms with van der Waals surface area (Å²) < 4.78 is 12.5. The van der Waals surface area contributed by atoms with Crippen LogP contribution in [0.1, 0.15) is 26.3 Å². The molecule has 6 nitrogen and oxygen atoms in total. The van der Waals surface area contributed by atoms with Gasteiger partial charge in [0.25, 0.3) is 5.91 Å². The number of carbonyl (C=O) groups excluding carboxylic acids is 1. The number of ether oxygens (including phenoxy) is 2. The number of halogens is 2. The zero-order chi connectivity index (χ0) is 17.6. The van der Waals surface area contributed by atoms with Gasteiger partial charge in [0, 0.05) is 16.6 Å². The van der Waals surface area contributed by atoms with Gasteiger partial charge in [0.15, 0.2) is 18.1 Å². The average molecular weight is 454 g/mol. The summed E-state index contributed by atoms with van der Waals surface area (Å²) >= 11 is 6.97. The topological polar surface area (TPSA) is 93.8 Å². The van der Waals surface area contributed by atoms with Crippen LogP contribution >= 0.6 is 31.9 Å². The molecule has 0 saturated heterocycles. The Bertz CT molecular complexity index is 565. The molecule has 0 aliphatic heterocycles. The first-order valence-corrected chi connectivity index (χ1v) is 8.71. The molecule has 1 aromatic carbocycles. The summed E-state index contributed by atoms with van der Waals surface area (Å²) in [4.78, 5) is 10.9. The molecule has 4 N–H and O–H groups in total. The van der Waals surface area contributed by atoms with Crippen LogP contribution in [-0.4, -0.2) is 36.4 Å². The Morgan fingerprint density at radius 1 is 1.35 bits per heavy atom. The molecule has 0 spiro atoms. The van der Waals surface area contributed by atoms with Crippen molar-refractivity contribution in [2.45, 2.75) is 32.9 Å². The summed E-state index contributed by atoms with van der Waals surface area (Å²) in [7, 11) is 0. The Kier molecular flexibility index (Phi) is 7.79. The standard InChI is InChI=1S/C15H22Br2N2O4/c1-4-22-10-5-9(6-19-15(2,3)8-20)12(16)13(17)14(10)23-7-11(18)21/h5,19-20H,4,6-8H2,1-3H3,(H2,18,21). The fraction of sp³-hybridized carbons (Fsp3) is 0.533. The van der Waals surface area contributed by atoms with E-state index in [-0.39, 0.29) is 13.2 Å². The van der Waals surface area contributed by atoms with Gasteiger partial charge in [0.05, 0.1) is 17.7 Å². The normalized spacial score (nSPS) is 11.4. The molecule has 1 aromatic rings. The number of primary amides is 1. The minimum Gasteiger partial charge on any atom is -0.490 e. The number of carbonyl (C=O) groups is 1. The van der Waals surface area contributed by atoms with Crippen LogP contribution in [-0.2, 0) is 11.3 Å². The van der Waals surface area contributed by atoms with E-state index in [2.05, 4.69) is 37.2 Å². The molecular weight excluding hydrogens is 432 g/mol. The Balaban J connectivity index is 3.12. The molecule has 130 valence electrons. The third-order valence-electron chi connectivity index (χ3n) is 3.01. The molecule has 23 heavy (non-hydrogen) atoms. The SMILES string of the molecule is CCOc1cc(CNC(C)(C)CO)c(Br)c(Br)c1OCC(N)=O. The molecule has 0 bridgehead atoms. The summed E-state index contributed by atoms with van der Waals surface area (Å²) in [6.07, 6.45) is 0. The molecule has 0 fully saturated rings. The van der Waals surface area contributed by atoms with E-state index in [1.54, 1.807) is 0 Å². The number of hydrogen-bond donors (Lipinski definition) is 3. The summed E-state index contributed by atoms with van der Waals surface area (Å²) in [6.45, 7) is 6.43. The second-order valence-corrected chi connectivity index (χ2v) is 7.16. The average Bonchev–Trinajstić information content (AvgIpc) is 2.49. The quantitative estimate of drug-likeness (QED) is 0.533. The first-order chi connectivity index (χ1) is 10.7. The predicted octanol–water partition coefficient (Wildman–Crippen LogP) is 2.33. The summed E-state index contributed by atoms with van der Waals surface area (Å²) in [5.41, 5.74) is 5.65. The van der Waals surface area contributed by atoms with E-state index in [0.717, 1.165) is 10.0 Å². The van der Waals surface area contributed by atoms with Crippen molar-refractivity contribution in [1.29, 1.82) is 0 Å². The highest BCUT2D eigenvalue weighted by Gasteiger charge is 2.20. The van der Waals surface area contributed by atoms with E-state index in [1.165, 1.54) is 0 Å². The number of rotatable bonds is 9. The molecular formula is C15H22Br2N2O4. The lowest BCUT2D eigenvalue weighted by Crippen LogP contribution is -2.42. The van der Waals surface area contributed by atoms with Crippen LogP contribution in [0.3, 0.4) is 0 Å². The van der Waals surface area contributed by atoms with Crippen molar-refractivity contribution in [2.24, 2.45) is 5.73 Å². The van der Waals surface area contributed by atoms with Gasteiger partial charge < -0.3 is 25.6 Å². The summed E-state index contributed by atoms with van der Waals surface area (Å²) in [5.74, 6) is 0.371. The number of hydrogen-bond acceptors (Lipinski definition) is 5. The molecule has 0 unspecified atom stereocenters. The van der Waals surface area contributed by atoms with Crippen molar-refractivity contribution < 1.29 is 19.4 Å². The third kappa shape index (κ3) is 5.95. The van der Waals surface area contributed by atoms with Crippen LogP contribution in [0, 0.1) is 0 Å². The molecule has 1 rings (SSSR count). The molecule has 1 amide bonds. The number of amides is 1. The van der Waals surface area contributed by atoms with Gasteiger partial charge >= 0.3 is 0 Å². The molecule has 0 aliphatic carbocycles. The molecule has 0 aromatic heterocycles. The second-order valence-electron chi connectivity index (χ2n) is 5.57. The number of aliphatic hydroxyl groups is 1.